The van der Waals surface area contributed by atoms with Crippen molar-refractivity contribution in [1.82, 2.24) is 9.97 Å². The van der Waals surface area contributed by atoms with E-state index in [4.69, 9.17) is 4.42 Å². The molecule has 1 radical (unpaired) electrons. The summed E-state index contributed by atoms with van der Waals surface area (Å²) in [5.74, 6) is 7.14. The minimum Gasteiger partial charge on any atom is 0 e. The average Bonchev–Trinajstić information content (AvgIpc) is 3.44. The summed E-state index contributed by atoms with van der Waals surface area (Å²) in [5.41, 5.74) is 8.14. The Morgan fingerprint density at radius 2 is 1.40 bits per heavy atom. The number of benzene rings is 4. The van der Waals surface area contributed by atoms with Crippen molar-refractivity contribution in [2.75, 3.05) is 0 Å². The van der Waals surface area contributed by atoms with E-state index in [2.05, 4.69) is 120 Å². The van der Waals surface area contributed by atoms with E-state index in [0.29, 0.717) is 0 Å². The molecule has 0 N–H and O–H groups in total. The van der Waals surface area contributed by atoms with Crippen LogP contribution in [0.5, 0.6) is 0 Å². The van der Waals surface area contributed by atoms with Crippen LogP contribution in [0.1, 0.15) is 25.0 Å². The van der Waals surface area contributed by atoms with Gasteiger partial charge in [-0.3, -0.25) is 0 Å². The number of hydrogen-bond donors (Lipinski definition) is 0. The minimum atomic E-state index is -1.72. The van der Waals surface area contributed by atoms with E-state index in [0.717, 1.165) is 44.5 Å². The number of aromatic nitrogens is 2. The predicted octanol–water partition coefficient (Wildman–Crippen LogP) is 9.87. The molecule has 0 saturated heterocycles. The van der Waals surface area contributed by atoms with Crippen LogP contribution in [0.4, 0.5) is 0 Å². The van der Waals surface area contributed by atoms with Gasteiger partial charge in [-0.25, -0.2) is 0 Å². The number of nitrogens with zero attached hydrogens (tertiary/aromatic N) is 2. The van der Waals surface area contributed by atoms with Crippen LogP contribution in [0.2, 0.25) is 17.3 Å². The number of hydrogen-bond acceptors (Lipinski definition) is 3. The summed E-state index contributed by atoms with van der Waals surface area (Å²) < 4.78 is 7.37. The first kappa shape index (κ1) is 32.6. The Hall–Kier alpha value is -3.83. The summed E-state index contributed by atoms with van der Waals surface area (Å²) in [4.78, 5) is 9.16. The summed E-state index contributed by atoms with van der Waals surface area (Å²) in [6, 6.07) is 45.9. The Morgan fingerprint density at radius 3 is 2.11 bits per heavy atom. The summed E-state index contributed by atoms with van der Waals surface area (Å²) >= 11 is -1.72. The summed E-state index contributed by atoms with van der Waals surface area (Å²) in [6.45, 7) is 4.50. The van der Waals surface area contributed by atoms with Gasteiger partial charge in [0.1, 0.15) is 5.58 Å². The number of fused-ring (bicyclic) bond motifs is 3. The second-order valence-electron chi connectivity index (χ2n) is 12.6. The Morgan fingerprint density at radius 1 is 0.644 bits per heavy atom. The Balaban J connectivity index is 0.000000202. The molecule has 5 heteroatoms. The van der Waals surface area contributed by atoms with E-state index in [1.54, 1.807) is 0 Å². The van der Waals surface area contributed by atoms with Gasteiger partial charge >= 0.3 is 99.8 Å². The zero-order chi connectivity index (χ0) is 30.7. The largest absolute Gasteiger partial charge is 0 e. The van der Waals surface area contributed by atoms with Gasteiger partial charge in [0.25, 0.3) is 0 Å². The molecule has 0 fully saturated rings. The van der Waals surface area contributed by atoms with Crippen LogP contribution < -0.4 is 4.40 Å². The average molecular weight is 826 g/mol. The number of rotatable bonds is 5. The van der Waals surface area contributed by atoms with Crippen molar-refractivity contribution in [1.29, 1.82) is 0 Å². The fraction of sp³-hybridized carbons (Fsp3) is 0.150. The van der Waals surface area contributed by atoms with Crippen LogP contribution >= 0.6 is 0 Å². The topological polar surface area (TPSA) is 38.9 Å². The predicted molar refractivity (Wildman–Crippen MR) is 186 cm³/mol. The fourth-order valence-electron chi connectivity index (χ4n) is 5.36. The van der Waals surface area contributed by atoms with Crippen molar-refractivity contribution in [3.63, 3.8) is 0 Å². The normalized spacial score (nSPS) is 11.5. The number of pyridine rings is 2. The molecule has 0 saturated carbocycles. The molecule has 227 valence electrons. The molecule has 45 heavy (non-hydrogen) atoms. The molecule has 3 heterocycles. The summed E-state index contributed by atoms with van der Waals surface area (Å²) in [7, 11) is 0. The van der Waals surface area contributed by atoms with Crippen molar-refractivity contribution >= 4 is 39.6 Å². The number of para-hydroxylation sites is 1. The van der Waals surface area contributed by atoms with Gasteiger partial charge in [-0.1, -0.05) is 73.8 Å². The fourth-order valence-corrected chi connectivity index (χ4v) is 7.53. The van der Waals surface area contributed by atoms with Crippen LogP contribution in [0.25, 0.3) is 44.5 Å². The van der Waals surface area contributed by atoms with Gasteiger partial charge in [0.15, 0.2) is 0 Å². The molecule has 7 aromatic rings. The van der Waals surface area contributed by atoms with E-state index < -0.39 is 13.3 Å². The van der Waals surface area contributed by atoms with E-state index in [-0.39, 0.29) is 25.5 Å². The molecule has 0 amide bonds. The molecular formula is C40H36GeIrN2O-2. The molecule has 0 unspecified atom stereocenters. The van der Waals surface area contributed by atoms with Crippen LogP contribution in [0.3, 0.4) is 0 Å². The molecule has 3 aromatic heterocycles. The maximum atomic E-state index is 5.93. The third-order valence-electron chi connectivity index (χ3n) is 8.18. The first-order valence-electron chi connectivity index (χ1n) is 15.0. The van der Waals surface area contributed by atoms with Gasteiger partial charge in [-0.05, 0) is 29.0 Å². The van der Waals surface area contributed by atoms with Gasteiger partial charge in [0, 0.05) is 37.1 Å². The maximum absolute atomic E-state index is 5.93. The van der Waals surface area contributed by atoms with Crippen LogP contribution in [0, 0.1) is 12.1 Å². The van der Waals surface area contributed by atoms with Crippen LogP contribution in [-0.2, 0) is 25.5 Å². The third kappa shape index (κ3) is 7.20. The van der Waals surface area contributed by atoms with Crippen molar-refractivity contribution in [2.45, 2.75) is 36.5 Å². The molecule has 0 aliphatic rings. The van der Waals surface area contributed by atoms with Crippen LogP contribution in [-0.4, -0.2) is 23.2 Å². The van der Waals surface area contributed by atoms with E-state index in [1.807, 2.05) is 60.9 Å². The van der Waals surface area contributed by atoms with Crippen molar-refractivity contribution in [2.24, 2.45) is 0 Å². The van der Waals surface area contributed by atoms with Crippen molar-refractivity contribution in [3.05, 3.63) is 151 Å². The van der Waals surface area contributed by atoms with Gasteiger partial charge in [0.2, 0.25) is 0 Å². The van der Waals surface area contributed by atoms with Crippen molar-refractivity contribution < 1.29 is 24.5 Å². The molecule has 0 bridgehead atoms. The van der Waals surface area contributed by atoms with E-state index in [9.17, 15) is 0 Å². The number of furan rings is 1. The van der Waals surface area contributed by atoms with Gasteiger partial charge in [-0.15, -0.1) is 23.8 Å². The standard InChI is InChI=1S/C26H20NO.C14H16GeN.Ir/c1-26(2,19-8-4-3-5-9-19)20-14-15-27-23(17-20)18-12-13-25-22(16-18)21-10-6-7-11-24(21)28-25;1-15(2,3)13-9-10-14(16-11-13)12-7-5-4-6-8-12;/h3-11,13-17H,1-2H3;4-7,9-11H,1-3H3;/q2*-1;. The molecule has 7 rings (SSSR count). The second kappa shape index (κ2) is 13.7. The smallest absolute Gasteiger partial charge is 0 e. The van der Waals surface area contributed by atoms with Gasteiger partial charge in [-0.2, -0.15) is 0 Å². The summed E-state index contributed by atoms with van der Waals surface area (Å²) in [5, 5.41) is 2.22. The minimum absolute atomic E-state index is 0. The van der Waals surface area contributed by atoms with Crippen LogP contribution in [0.15, 0.2) is 132 Å². The van der Waals surface area contributed by atoms with Gasteiger partial charge < -0.3 is 9.40 Å². The Kier molecular flexibility index (Phi) is 9.89. The zero-order valence-electron chi connectivity index (χ0n) is 26.3. The van der Waals surface area contributed by atoms with E-state index >= 15 is 0 Å². The zero-order valence-corrected chi connectivity index (χ0v) is 30.8. The first-order valence-corrected chi connectivity index (χ1v) is 22.3. The molecule has 0 aliphatic heterocycles. The molecular weight excluding hydrogens is 789 g/mol. The second-order valence-corrected chi connectivity index (χ2v) is 23.3. The monoisotopic (exact) mass is 827 g/mol. The molecule has 0 spiro atoms. The quantitative estimate of drug-likeness (QED) is 0.128. The molecule has 0 aliphatic carbocycles. The Labute approximate surface area is 282 Å². The third-order valence-corrected chi connectivity index (χ3v) is 12.4. The first-order chi connectivity index (χ1) is 21.2. The molecule has 3 nitrogen and oxygen atoms in total. The maximum Gasteiger partial charge on any atom is 0 e. The molecule has 4 aromatic carbocycles. The Bertz CT molecular complexity index is 2010. The summed E-state index contributed by atoms with van der Waals surface area (Å²) in [6.07, 6.45) is 3.93. The van der Waals surface area contributed by atoms with E-state index in [1.165, 1.54) is 15.5 Å². The van der Waals surface area contributed by atoms with Crippen molar-refractivity contribution in [3.8, 4) is 22.5 Å². The molecule has 0 atom stereocenters. The SMILES string of the molecule is CC(C)(c1ccccc1)c1ccnc(-c2[c-]cc3oc4ccccc4c3c2)c1.[CH3][Ge]([CH3])([CH3])[c]1ccc(-c2[c-]cccc2)nc1.[Ir]. The van der Waals surface area contributed by atoms with Gasteiger partial charge in [0.05, 0.1) is 5.58 Å².